The molecule has 0 aliphatic carbocycles. The summed E-state index contributed by atoms with van der Waals surface area (Å²) in [5.41, 5.74) is 0.395. The maximum absolute atomic E-state index is 11.8. The van der Waals surface area contributed by atoms with E-state index in [2.05, 4.69) is 4.98 Å². The molecule has 92 valence electrons. The van der Waals surface area contributed by atoms with Gasteiger partial charge in [-0.05, 0) is 12.1 Å². The third kappa shape index (κ3) is 2.95. The van der Waals surface area contributed by atoms with Gasteiger partial charge >= 0.3 is 0 Å². The summed E-state index contributed by atoms with van der Waals surface area (Å²) in [6.45, 7) is 0. The molecule has 18 heavy (non-hydrogen) atoms. The van der Waals surface area contributed by atoms with E-state index in [1.54, 1.807) is 0 Å². The number of nitro groups is 1. The number of benzene rings is 1. The fourth-order valence-electron chi connectivity index (χ4n) is 1.26. The Kier molecular flexibility index (Phi) is 3.73. The van der Waals surface area contributed by atoms with Crippen molar-refractivity contribution in [1.82, 2.24) is 4.98 Å². The summed E-state index contributed by atoms with van der Waals surface area (Å²) in [5, 5.41) is 10.9. The van der Waals surface area contributed by atoms with Crippen molar-refractivity contribution < 1.29 is 14.1 Å². The van der Waals surface area contributed by atoms with Gasteiger partial charge in [-0.25, -0.2) is 4.98 Å². The number of non-ortho nitro benzene ring substituents is 1. The molecule has 0 atom stereocenters. The Balaban J connectivity index is 1.98. The average molecular weight is 264 g/mol. The smallest absolute Gasteiger partial charge is 0.269 e. The van der Waals surface area contributed by atoms with Crippen LogP contribution in [0.15, 0.2) is 46.4 Å². The Bertz CT molecular complexity index is 551. The van der Waals surface area contributed by atoms with Crippen LogP contribution < -0.4 is 0 Å². The van der Waals surface area contributed by atoms with Crippen molar-refractivity contribution in [3.8, 4) is 0 Å². The molecule has 0 fully saturated rings. The lowest BCUT2D eigenvalue weighted by Crippen LogP contribution is -2.02. The molecule has 0 aliphatic rings. The molecule has 0 saturated heterocycles. The Morgan fingerprint density at radius 2 is 2.11 bits per heavy atom. The Hall–Kier alpha value is -2.15. The first kappa shape index (κ1) is 12.3. The van der Waals surface area contributed by atoms with Crippen molar-refractivity contribution in [3.05, 3.63) is 52.4 Å². The average Bonchev–Trinajstić information content (AvgIpc) is 2.89. The Morgan fingerprint density at radius 1 is 1.39 bits per heavy atom. The SMILES string of the molecule is O=C(CSc1ncco1)c1ccc([N+](=O)[O-])cc1. The molecule has 1 aromatic heterocycles. The summed E-state index contributed by atoms with van der Waals surface area (Å²) in [7, 11) is 0. The van der Waals surface area contributed by atoms with Crippen LogP contribution in [-0.2, 0) is 0 Å². The second-order valence-corrected chi connectivity index (χ2v) is 4.24. The van der Waals surface area contributed by atoms with E-state index < -0.39 is 4.92 Å². The molecule has 1 aromatic carbocycles. The zero-order chi connectivity index (χ0) is 13.0. The highest BCUT2D eigenvalue weighted by molar-refractivity contribution is 7.99. The fourth-order valence-corrected chi connectivity index (χ4v) is 1.94. The van der Waals surface area contributed by atoms with Gasteiger partial charge < -0.3 is 4.42 Å². The summed E-state index contributed by atoms with van der Waals surface area (Å²) >= 11 is 1.18. The number of hydrogen-bond donors (Lipinski definition) is 0. The largest absolute Gasteiger partial charge is 0.440 e. The van der Waals surface area contributed by atoms with Crippen LogP contribution in [0.5, 0.6) is 0 Å². The van der Waals surface area contributed by atoms with Crippen LogP contribution in [0.25, 0.3) is 0 Å². The zero-order valence-corrected chi connectivity index (χ0v) is 9.92. The number of oxazole rings is 1. The summed E-state index contributed by atoms with van der Waals surface area (Å²) in [5.74, 6) is 0.0475. The minimum Gasteiger partial charge on any atom is -0.440 e. The first-order chi connectivity index (χ1) is 8.66. The molecule has 1 heterocycles. The lowest BCUT2D eigenvalue weighted by molar-refractivity contribution is -0.384. The van der Waals surface area contributed by atoms with Crippen molar-refractivity contribution in [2.24, 2.45) is 0 Å². The van der Waals surface area contributed by atoms with Crippen molar-refractivity contribution in [2.75, 3.05) is 5.75 Å². The normalized spacial score (nSPS) is 10.2. The van der Waals surface area contributed by atoms with Gasteiger partial charge in [0.15, 0.2) is 5.78 Å². The van der Waals surface area contributed by atoms with Gasteiger partial charge in [0.1, 0.15) is 6.26 Å². The van der Waals surface area contributed by atoms with E-state index in [1.807, 2.05) is 0 Å². The molecule has 6 nitrogen and oxygen atoms in total. The van der Waals surface area contributed by atoms with Gasteiger partial charge in [-0.3, -0.25) is 14.9 Å². The number of nitrogens with zero attached hydrogens (tertiary/aromatic N) is 2. The molecule has 0 aliphatic heterocycles. The fraction of sp³-hybridized carbons (Fsp3) is 0.0909. The lowest BCUT2D eigenvalue weighted by atomic mass is 10.1. The topological polar surface area (TPSA) is 86.2 Å². The molecule has 0 amide bonds. The second kappa shape index (κ2) is 5.46. The molecule has 0 unspecified atom stereocenters. The second-order valence-electron chi connectivity index (χ2n) is 3.31. The van der Waals surface area contributed by atoms with Crippen molar-refractivity contribution in [2.45, 2.75) is 5.22 Å². The van der Waals surface area contributed by atoms with Crippen molar-refractivity contribution >= 4 is 23.2 Å². The van der Waals surface area contributed by atoms with Gasteiger partial charge in [-0.15, -0.1) is 0 Å². The van der Waals surface area contributed by atoms with Crippen LogP contribution in [0.3, 0.4) is 0 Å². The molecular weight excluding hydrogens is 256 g/mol. The monoisotopic (exact) mass is 264 g/mol. The predicted octanol–water partition coefficient (Wildman–Crippen LogP) is 2.56. The summed E-state index contributed by atoms with van der Waals surface area (Å²) in [6, 6.07) is 5.50. The number of aromatic nitrogens is 1. The first-order valence-electron chi connectivity index (χ1n) is 4.97. The number of rotatable bonds is 5. The zero-order valence-electron chi connectivity index (χ0n) is 9.11. The number of ketones is 1. The maximum Gasteiger partial charge on any atom is 0.269 e. The van der Waals surface area contributed by atoms with Crippen LogP contribution >= 0.6 is 11.8 Å². The van der Waals surface area contributed by atoms with Gasteiger partial charge in [0.25, 0.3) is 10.9 Å². The van der Waals surface area contributed by atoms with Crippen LogP contribution in [0, 0.1) is 10.1 Å². The molecule has 0 N–H and O–H groups in total. The van der Waals surface area contributed by atoms with Crippen LogP contribution in [-0.4, -0.2) is 21.4 Å². The molecule has 2 rings (SSSR count). The Morgan fingerprint density at radius 3 is 2.67 bits per heavy atom. The number of carbonyl (C=O) groups excluding carboxylic acids is 1. The van der Waals surface area contributed by atoms with Crippen LogP contribution in [0.2, 0.25) is 0 Å². The van der Waals surface area contributed by atoms with Crippen LogP contribution in [0.4, 0.5) is 5.69 Å². The van der Waals surface area contributed by atoms with E-state index in [0.29, 0.717) is 10.8 Å². The van der Waals surface area contributed by atoms with Gasteiger partial charge in [0.05, 0.1) is 16.9 Å². The third-order valence-corrected chi connectivity index (χ3v) is 2.99. The van der Waals surface area contributed by atoms with E-state index in [9.17, 15) is 14.9 Å². The van der Waals surface area contributed by atoms with Crippen LogP contribution in [0.1, 0.15) is 10.4 Å². The number of Topliss-reactive ketones (excluding diaryl/α,β-unsaturated/α-hetero) is 1. The van der Waals surface area contributed by atoms with E-state index >= 15 is 0 Å². The van der Waals surface area contributed by atoms with Gasteiger partial charge in [-0.2, -0.15) is 0 Å². The first-order valence-corrected chi connectivity index (χ1v) is 5.95. The van der Waals surface area contributed by atoms with E-state index in [0.717, 1.165) is 0 Å². The summed E-state index contributed by atoms with van der Waals surface area (Å²) in [6.07, 6.45) is 2.93. The maximum atomic E-state index is 11.8. The summed E-state index contributed by atoms with van der Waals surface area (Å²) in [4.78, 5) is 25.6. The minimum absolute atomic E-state index is 0.0353. The lowest BCUT2D eigenvalue weighted by Gasteiger charge is -1.98. The molecule has 7 heteroatoms. The number of carbonyl (C=O) groups is 1. The highest BCUT2D eigenvalue weighted by Gasteiger charge is 2.11. The minimum atomic E-state index is -0.504. The highest BCUT2D eigenvalue weighted by atomic mass is 32.2. The quantitative estimate of drug-likeness (QED) is 0.357. The van der Waals surface area contributed by atoms with Crippen molar-refractivity contribution in [3.63, 3.8) is 0 Å². The predicted molar refractivity (Wildman–Crippen MR) is 64.7 cm³/mol. The Labute approximate surface area is 106 Å². The molecule has 0 bridgehead atoms. The standard InChI is InChI=1S/C11H8N2O4S/c14-10(7-18-11-12-5-6-17-11)8-1-3-9(4-2-8)13(15)16/h1-6H,7H2. The molecule has 0 saturated carbocycles. The molecular formula is C11H8N2O4S. The van der Waals surface area contributed by atoms with Gasteiger partial charge in [0, 0.05) is 17.7 Å². The molecule has 2 aromatic rings. The number of hydrogen-bond acceptors (Lipinski definition) is 6. The molecule has 0 radical (unpaired) electrons. The van der Waals surface area contributed by atoms with Gasteiger partial charge in [0.2, 0.25) is 0 Å². The van der Waals surface area contributed by atoms with E-state index in [1.165, 1.54) is 48.5 Å². The summed E-state index contributed by atoms with van der Waals surface area (Å²) < 4.78 is 4.98. The number of nitro benzene ring substituents is 1. The van der Waals surface area contributed by atoms with E-state index in [4.69, 9.17) is 4.42 Å². The van der Waals surface area contributed by atoms with Crippen molar-refractivity contribution in [1.29, 1.82) is 0 Å². The van der Waals surface area contributed by atoms with Gasteiger partial charge in [-0.1, -0.05) is 11.8 Å². The highest BCUT2D eigenvalue weighted by Crippen LogP contribution is 2.18. The van der Waals surface area contributed by atoms with E-state index in [-0.39, 0.29) is 17.2 Å². The molecule has 0 spiro atoms. The number of thioether (sulfide) groups is 1. The third-order valence-electron chi connectivity index (χ3n) is 2.14.